The Hall–Kier alpha value is -0.613. The number of carbonyl (C=O) groups excluding carboxylic acids is 1. The minimum Gasteiger partial charge on any atom is -0.382 e. The molecule has 0 saturated heterocycles. The summed E-state index contributed by atoms with van der Waals surface area (Å²) in [5, 5.41) is 0. The Bertz CT molecular complexity index is 323. The Morgan fingerprint density at radius 3 is 1.58 bits per heavy atom. The average molecular weight is 365 g/mol. The summed E-state index contributed by atoms with van der Waals surface area (Å²) in [7, 11) is 1.49. The van der Waals surface area contributed by atoms with Crippen LogP contribution in [0.3, 0.4) is 0 Å². The van der Waals surface area contributed by atoms with E-state index in [1.54, 1.807) is 34.3 Å². The Morgan fingerprint density at radius 1 is 0.875 bits per heavy atom. The van der Waals surface area contributed by atoms with Gasteiger partial charge in [0, 0.05) is 21.3 Å². The van der Waals surface area contributed by atoms with Crippen LogP contribution in [0.5, 0.6) is 0 Å². The van der Waals surface area contributed by atoms with Crippen LogP contribution in [-0.2, 0) is 32.3 Å². The van der Waals surface area contributed by atoms with Crippen molar-refractivity contribution in [2.24, 2.45) is 0 Å². The molecule has 0 aromatic carbocycles. The maximum Gasteiger partial charge on any atom is 0.512 e. The Balaban J connectivity index is 5.39. The van der Waals surface area contributed by atoms with Crippen molar-refractivity contribution in [3.63, 3.8) is 0 Å². The van der Waals surface area contributed by atoms with Crippen LogP contribution in [0.4, 0.5) is 0 Å². The van der Waals surface area contributed by atoms with Crippen molar-refractivity contribution in [3.05, 3.63) is 12.2 Å². The largest absolute Gasteiger partial charge is 0.512 e. The molecule has 1 unspecified atom stereocenters. The van der Waals surface area contributed by atoms with Crippen LogP contribution in [0.1, 0.15) is 20.3 Å². The number of allylic oxidation sites excluding steroid dienone is 2. The lowest BCUT2D eigenvalue weighted by Gasteiger charge is -2.34. The molecule has 0 heterocycles. The van der Waals surface area contributed by atoms with Gasteiger partial charge in [-0.3, -0.25) is 4.79 Å². The van der Waals surface area contributed by atoms with Gasteiger partial charge in [-0.15, -0.1) is 0 Å². The monoisotopic (exact) mass is 364 g/mol. The summed E-state index contributed by atoms with van der Waals surface area (Å²) in [5.74, 6) is -0.0566. The first-order valence-corrected chi connectivity index (χ1v) is 9.97. The minimum absolute atomic E-state index is 0.0566. The van der Waals surface area contributed by atoms with Gasteiger partial charge in [0.25, 0.3) is 0 Å². The molecule has 0 aliphatic rings. The van der Waals surface area contributed by atoms with Gasteiger partial charge >= 0.3 is 8.80 Å². The summed E-state index contributed by atoms with van der Waals surface area (Å²) < 4.78 is 33.1. The molecule has 0 saturated carbocycles. The smallest absolute Gasteiger partial charge is 0.382 e. The van der Waals surface area contributed by atoms with Crippen LogP contribution in [-0.4, -0.2) is 75.6 Å². The van der Waals surface area contributed by atoms with Crippen molar-refractivity contribution in [1.29, 1.82) is 0 Å². The summed E-state index contributed by atoms with van der Waals surface area (Å²) in [6.07, 6.45) is 3.81. The summed E-state index contributed by atoms with van der Waals surface area (Å²) in [5.41, 5.74) is -0.473. The van der Waals surface area contributed by atoms with Gasteiger partial charge in [-0.2, -0.15) is 0 Å². The molecule has 0 fully saturated rings. The van der Waals surface area contributed by atoms with E-state index in [1.807, 2.05) is 6.92 Å². The predicted molar refractivity (Wildman–Crippen MR) is 93.1 cm³/mol. The van der Waals surface area contributed by atoms with Gasteiger partial charge in [0.05, 0.1) is 45.2 Å². The lowest BCUT2D eigenvalue weighted by Crippen LogP contribution is -2.54. The average Bonchev–Trinajstić information content (AvgIpc) is 2.56. The van der Waals surface area contributed by atoms with E-state index in [-0.39, 0.29) is 5.78 Å². The highest BCUT2D eigenvalue weighted by molar-refractivity contribution is 6.67. The van der Waals surface area contributed by atoms with E-state index < -0.39 is 14.3 Å². The second-order valence-electron chi connectivity index (χ2n) is 4.99. The summed E-state index contributed by atoms with van der Waals surface area (Å²) in [6.45, 7) is 5.79. The molecule has 0 aromatic rings. The normalized spacial score (nSPS) is 13.5. The van der Waals surface area contributed by atoms with E-state index in [0.717, 1.165) is 0 Å². The minimum atomic E-state index is -3.28. The van der Waals surface area contributed by atoms with Crippen LogP contribution in [0.2, 0.25) is 5.54 Å². The Labute approximate surface area is 146 Å². The molecule has 0 bridgehead atoms. The van der Waals surface area contributed by atoms with Crippen molar-refractivity contribution in [2.75, 3.05) is 61.0 Å². The molecule has 7 nitrogen and oxygen atoms in total. The highest BCUT2D eigenvalue weighted by Gasteiger charge is 2.52. The first-order valence-electron chi connectivity index (χ1n) is 8.17. The lowest BCUT2D eigenvalue weighted by molar-refractivity contribution is -0.116. The first kappa shape index (κ1) is 23.4. The van der Waals surface area contributed by atoms with Gasteiger partial charge in [0.2, 0.25) is 0 Å². The van der Waals surface area contributed by atoms with Gasteiger partial charge in [0.1, 0.15) is 0 Å². The number of ketones is 1. The van der Waals surface area contributed by atoms with Crippen LogP contribution in [0.15, 0.2) is 12.2 Å². The number of hydrogen-bond acceptors (Lipinski definition) is 7. The second-order valence-corrected chi connectivity index (χ2v) is 7.76. The van der Waals surface area contributed by atoms with E-state index in [1.165, 1.54) is 6.08 Å². The van der Waals surface area contributed by atoms with Crippen molar-refractivity contribution >= 4 is 14.6 Å². The fourth-order valence-electron chi connectivity index (χ4n) is 2.13. The van der Waals surface area contributed by atoms with E-state index in [0.29, 0.717) is 46.1 Å². The van der Waals surface area contributed by atoms with Crippen LogP contribution >= 0.6 is 0 Å². The SMILES string of the molecule is CC=CC(=O)C(CC)[Si](OCCOC)(OCCOC)OCCOC. The molecule has 0 amide bonds. The quantitative estimate of drug-likeness (QED) is 0.235. The van der Waals surface area contributed by atoms with Crippen molar-refractivity contribution < 1.29 is 32.3 Å². The standard InChI is InChI=1S/C16H32O7Si/c1-6-8-15(17)16(7-2)24(21-12-9-18-3,22-13-10-19-4)23-14-11-20-5/h6,8,16H,7,9-14H2,1-5H3. The van der Waals surface area contributed by atoms with Gasteiger partial charge < -0.3 is 27.5 Å². The van der Waals surface area contributed by atoms with Gasteiger partial charge in [-0.05, 0) is 19.4 Å². The predicted octanol–water partition coefficient (Wildman–Crippen LogP) is 1.84. The van der Waals surface area contributed by atoms with Crippen molar-refractivity contribution in [1.82, 2.24) is 0 Å². The van der Waals surface area contributed by atoms with E-state index in [4.69, 9.17) is 27.5 Å². The van der Waals surface area contributed by atoms with E-state index in [2.05, 4.69) is 0 Å². The number of hydrogen-bond donors (Lipinski definition) is 0. The van der Waals surface area contributed by atoms with Gasteiger partial charge in [0.15, 0.2) is 5.78 Å². The first-order chi connectivity index (χ1) is 11.6. The van der Waals surface area contributed by atoms with Crippen LogP contribution in [0.25, 0.3) is 0 Å². The maximum absolute atomic E-state index is 12.5. The summed E-state index contributed by atoms with van der Waals surface area (Å²) in [4.78, 5) is 12.5. The molecule has 0 rings (SSSR count). The molecule has 8 heteroatoms. The zero-order chi connectivity index (χ0) is 18.3. The fourth-order valence-corrected chi connectivity index (χ4v) is 5.04. The molecule has 0 aromatic heterocycles. The molecule has 0 aliphatic carbocycles. The third-order valence-electron chi connectivity index (χ3n) is 3.28. The Morgan fingerprint density at radius 2 is 1.29 bits per heavy atom. The van der Waals surface area contributed by atoms with Crippen molar-refractivity contribution in [3.8, 4) is 0 Å². The fraction of sp³-hybridized carbons (Fsp3) is 0.812. The molecule has 1 atom stereocenters. The van der Waals surface area contributed by atoms with Crippen molar-refractivity contribution in [2.45, 2.75) is 25.8 Å². The van der Waals surface area contributed by atoms with Gasteiger partial charge in [-0.1, -0.05) is 13.0 Å². The molecular weight excluding hydrogens is 332 g/mol. The molecule has 24 heavy (non-hydrogen) atoms. The molecule has 142 valence electrons. The number of ether oxygens (including phenoxy) is 3. The molecular formula is C16H32O7Si. The topological polar surface area (TPSA) is 72.5 Å². The van der Waals surface area contributed by atoms with Crippen LogP contribution < -0.4 is 0 Å². The molecule has 0 radical (unpaired) electrons. The summed E-state index contributed by atoms with van der Waals surface area (Å²) in [6, 6.07) is 0. The molecule has 0 aliphatic heterocycles. The molecule has 0 spiro atoms. The van der Waals surface area contributed by atoms with E-state index >= 15 is 0 Å². The lowest BCUT2D eigenvalue weighted by atomic mass is 10.2. The zero-order valence-electron chi connectivity index (χ0n) is 15.5. The third-order valence-corrected chi connectivity index (χ3v) is 6.65. The maximum atomic E-state index is 12.5. The number of carbonyl (C=O) groups is 1. The summed E-state index contributed by atoms with van der Waals surface area (Å²) >= 11 is 0. The number of methoxy groups -OCH3 is 3. The Kier molecular flexibility index (Phi) is 14.3. The number of rotatable bonds is 16. The molecule has 0 N–H and O–H groups in total. The van der Waals surface area contributed by atoms with E-state index in [9.17, 15) is 4.79 Å². The van der Waals surface area contributed by atoms with Crippen LogP contribution in [0, 0.1) is 0 Å². The van der Waals surface area contributed by atoms with Gasteiger partial charge in [-0.25, -0.2) is 0 Å². The second kappa shape index (κ2) is 14.7. The highest BCUT2D eigenvalue weighted by Crippen LogP contribution is 2.30. The zero-order valence-corrected chi connectivity index (χ0v) is 16.5. The highest BCUT2D eigenvalue weighted by atomic mass is 28.4. The third kappa shape index (κ3) is 8.47.